The number of anilines is 2. The van der Waals surface area contributed by atoms with Gasteiger partial charge < -0.3 is 0 Å². The van der Waals surface area contributed by atoms with Crippen LogP contribution in [0.2, 0.25) is 0 Å². The molecule has 5 rings (SSSR count). The Kier molecular flexibility index (Phi) is 4.39. The average molecular weight is 431 g/mol. The summed E-state index contributed by atoms with van der Waals surface area (Å²) in [7, 11) is -7.46. The van der Waals surface area contributed by atoms with Gasteiger partial charge in [0.15, 0.2) is 0 Å². The Bertz CT molecular complexity index is 1390. The second kappa shape index (κ2) is 6.98. The lowest BCUT2D eigenvalue weighted by molar-refractivity contribution is 0.586. The van der Waals surface area contributed by atoms with Gasteiger partial charge in [-0.3, -0.25) is 9.24 Å². The van der Waals surface area contributed by atoms with Crippen LogP contribution in [0.25, 0.3) is 0 Å². The lowest BCUT2D eigenvalue weighted by atomic mass is 10.2. The van der Waals surface area contributed by atoms with Crippen LogP contribution in [0.4, 0.5) is 11.4 Å². The highest BCUT2D eigenvalue weighted by molar-refractivity contribution is 7.93. The molecule has 30 heavy (non-hydrogen) atoms. The van der Waals surface area contributed by atoms with Gasteiger partial charge in [0, 0.05) is 11.0 Å². The van der Waals surface area contributed by atoms with Crippen LogP contribution in [0.3, 0.4) is 0 Å². The topological polar surface area (TPSA) is 54.5 Å². The Labute approximate surface area is 175 Å². The molecule has 0 bridgehead atoms. The zero-order valence-corrected chi connectivity index (χ0v) is 17.6. The standard InChI is InChI=1S/C24H18NO3PS/c26-29(20-13-5-2-6-14-20)22-16-8-10-18-24(22)30(27,28)23-17-9-7-15-21(23)25(29)19-11-3-1-4-12-19/h1-18H. The first-order valence-corrected chi connectivity index (χ1v) is 12.6. The molecular formula is C24H18NO3PS. The lowest BCUT2D eigenvalue weighted by Gasteiger charge is -2.33. The number of hydrogen-bond acceptors (Lipinski definition) is 3. The number of rotatable bonds is 2. The highest BCUT2D eigenvalue weighted by atomic mass is 32.2. The second-order valence-corrected chi connectivity index (χ2v) is 11.4. The quantitative estimate of drug-likeness (QED) is 0.424. The Morgan fingerprint density at radius 2 is 1.13 bits per heavy atom. The molecular weight excluding hydrogens is 413 g/mol. The molecule has 0 saturated heterocycles. The molecule has 0 N–H and O–H groups in total. The van der Waals surface area contributed by atoms with E-state index in [-0.39, 0.29) is 9.79 Å². The van der Waals surface area contributed by atoms with Crippen LogP contribution in [0.1, 0.15) is 0 Å². The van der Waals surface area contributed by atoms with E-state index in [1.807, 2.05) is 48.5 Å². The maximum Gasteiger partial charge on any atom is 0.235 e. The summed E-state index contributed by atoms with van der Waals surface area (Å²) in [5.74, 6) is 0. The van der Waals surface area contributed by atoms with E-state index in [2.05, 4.69) is 0 Å². The fraction of sp³-hybridized carbons (Fsp3) is 0. The summed E-state index contributed by atoms with van der Waals surface area (Å²) in [6, 6.07) is 31.8. The minimum atomic E-state index is -3.87. The maximum atomic E-state index is 15.1. The van der Waals surface area contributed by atoms with E-state index in [9.17, 15) is 8.42 Å². The number of nitrogens with zero attached hydrogens (tertiary/aromatic N) is 1. The summed E-state index contributed by atoms with van der Waals surface area (Å²) in [6.07, 6.45) is 0. The molecule has 0 spiro atoms. The van der Waals surface area contributed by atoms with E-state index in [0.717, 1.165) is 0 Å². The molecule has 6 heteroatoms. The molecule has 4 nitrogen and oxygen atoms in total. The van der Waals surface area contributed by atoms with E-state index in [1.165, 1.54) is 0 Å². The van der Waals surface area contributed by atoms with Gasteiger partial charge in [-0.2, -0.15) is 0 Å². The van der Waals surface area contributed by atoms with E-state index in [4.69, 9.17) is 0 Å². The average Bonchev–Trinajstić information content (AvgIpc) is 2.86. The summed E-state index contributed by atoms with van der Waals surface area (Å²) in [4.78, 5) is 0.234. The van der Waals surface area contributed by atoms with Crippen LogP contribution < -0.4 is 15.3 Å². The summed E-state index contributed by atoms with van der Waals surface area (Å²) < 4.78 is 44.2. The predicted octanol–water partition coefficient (Wildman–Crippen LogP) is 4.90. The number of benzene rings is 4. The smallest absolute Gasteiger partial charge is 0.235 e. The number of hydrogen-bond donors (Lipinski definition) is 0. The van der Waals surface area contributed by atoms with Crippen molar-refractivity contribution in [1.82, 2.24) is 0 Å². The van der Waals surface area contributed by atoms with Crippen molar-refractivity contribution in [2.24, 2.45) is 0 Å². The van der Waals surface area contributed by atoms with Crippen molar-refractivity contribution in [1.29, 1.82) is 0 Å². The first kappa shape index (κ1) is 18.9. The molecule has 0 saturated carbocycles. The third kappa shape index (κ3) is 2.67. The Morgan fingerprint density at radius 1 is 0.600 bits per heavy atom. The van der Waals surface area contributed by atoms with Crippen molar-refractivity contribution in [2.75, 3.05) is 4.67 Å². The van der Waals surface area contributed by atoms with Gasteiger partial charge in [-0.05, 0) is 48.5 Å². The van der Waals surface area contributed by atoms with Crippen LogP contribution in [-0.2, 0) is 14.4 Å². The fourth-order valence-corrected chi connectivity index (χ4v) is 9.16. The summed E-state index contributed by atoms with van der Waals surface area (Å²) in [5, 5.41) is 0.893. The number of para-hydroxylation sites is 2. The van der Waals surface area contributed by atoms with Crippen molar-refractivity contribution in [3.8, 4) is 0 Å². The predicted molar refractivity (Wildman–Crippen MR) is 120 cm³/mol. The van der Waals surface area contributed by atoms with E-state index >= 15 is 4.57 Å². The number of fused-ring (bicyclic) bond motifs is 2. The van der Waals surface area contributed by atoms with Gasteiger partial charge in [-0.25, -0.2) is 8.42 Å². The van der Waals surface area contributed by atoms with Crippen LogP contribution in [0.15, 0.2) is 119 Å². The summed E-state index contributed by atoms with van der Waals surface area (Å²) in [5.41, 5.74) is 1.08. The van der Waals surface area contributed by atoms with Gasteiger partial charge in [0.2, 0.25) is 17.1 Å². The highest BCUT2D eigenvalue weighted by Crippen LogP contribution is 2.59. The molecule has 4 aromatic rings. The first-order valence-electron chi connectivity index (χ1n) is 9.49. The molecule has 148 valence electrons. The van der Waals surface area contributed by atoms with Gasteiger partial charge in [0.05, 0.1) is 20.8 Å². The van der Waals surface area contributed by atoms with Crippen LogP contribution in [-0.4, -0.2) is 8.42 Å². The van der Waals surface area contributed by atoms with Gasteiger partial charge in [0.1, 0.15) is 0 Å². The molecule has 0 aliphatic carbocycles. The first-order chi connectivity index (χ1) is 14.5. The lowest BCUT2D eigenvalue weighted by Crippen LogP contribution is -2.29. The summed E-state index contributed by atoms with van der Waals surface area (Å²) in [6.45, 7) is 0. The van der Waals surface area contributed by atoms with Gasteiger partial charge in [-0.15, -0.1) is 0 Å². The molecule has 1 atom stereocenters. The Morgan fingerprint density at radius 3 is 1.83 bits per heavy atom. The maximum absolute atomic E-state index is 15.1. The van der Waals surface area contributed by atoms with Crippen molar-refractivity contribution in [3.05, 3.63) is 109 Å². The molecule has 1 unspecified atom stereocenters. The third-order valence-electron chi connectivity index (χ3n) is 5.25. The molecule has 4 aromatic carbocycles. The Hall–Kier alpha value is -3.14. The molecule has 1 aliphatic heterocycles. The second-order valence-electron chi connectivity index (χ2n) is 7.00. The number of sulfone groups is 1. The molecule has 0 radical (unpaired) electrons. The largest absolute Gasteiger partial charge is 0.289 e. The van der Waals surface area contributed by atoms with Crippen LogP contribution >= 0.6 is 7.29 Å². The fourth-order valence-electron chi connectivity index (χ4n) is 3.93. The van der Waals surface area contributed by atoms with E-state index < -0.39 is 17.1 Å². The minimum Gasteiger partial charge on any atom is -0.289 e. The zero-order chi connectivity index (χ0) is 20.8. The van der Waals surface area contributed by atoms with Crippen LogP contribution in [0.5, 0.6) is 0 Å². The van der Waals surface area contributed by atoms with E-state index in [1.54, 1.807) is 65.3 Å². The third-order valence-corrected chi connectivity index (χ3v) is 10.3. The van der Waals surface area contributed by atoms with Gasteiger partial charge in [-0.1, -0.05) is 60.7 Å². The SMILES string of the molecule is O=P1(c2ccccc2)c2ccccc2S(=O)(=O)c2ccccc2N1c1ccccc1. The van der Waals surface area contributed by atoms with Gasteiger partial charge >= 0.3 is 0 Å². The molecule has 1 aliphatic rings. The van der Waals surface area contributed by atoms with Crippen molar-refractivity contribution < 1.29 is 13.0 Å². The van der Waals surface area contributed by atoms with Crippen molar-refractivity contribution in [3.63, 3.8) is 0 Å². The monoisotopic (exact) mass is 431 g/mol. The normalized spacial score (nSPS) is 19.4. The molecule has 0 aromatic heterocycles. The minimum absolute atomic E-state index is 0.0862. The molecule has 0 amide bonds. The highest BCUT2D eigenvalue weighted by Gasteiger charge is 2.45. The van der Waals surface area contributed by atoms with Gasteiger partial charge in [0.25, 0.3) is 0 Å². The van der Waals surface area contributed by atoms with Crippen molar-refractivity contribution in [2.45, 2.75) is 9.79 Å². The molecule has 0 fully saturated rings. The van der Waals surface area contributed by atoms with E-state index in [0.29, 0.717) is 22.0 Å². The van der Waals surface area contributed by atoms with Crippen LogP contribution in [0, 0.1) is 0 Å². The zero-order valence-electron chi connectivity index (χ0n) is 15.9. The molecule has 1 heterocycles. The van der Waals surface area contributed by atoms with Crippen molar-refractivity contribution >= 4 is 39.1 Å². The Balaban J connectivity index is 2.01. The summed E-state index contributed by atoms with van der Waals surface area (Å²) >= 11 is 0.